The molecule has 1 aliphatic rings. The maximum Gasteiger partial charge on any atom is 0.318 e. The Kier molecular flexibility index (Phi) is 8.83. The minimum Gasteiger partial charge on any atom is -0.383 e. The number of urea groups is 1. The Labute approximate surface area is 169 Å². The third-order valence-electron chi connectivity index (χ3n) is 5.44. The quantitative estimate of drug-likeness (QED) is 0.703. The van der Waals surface area contributed by atoms with Gasteiger partial charge in [-0.25, -0.2) is 4.79 Å². The Morgan fingerprint density at radius 1 is 1.29 bits per heavy atom. The molecule has 7 heteroatoms. The number of ether oxygens (including phenoxy) is 1. The molecule has 0 aliphatic heterocycles. The van der Waals surface area contributed by atoms with E-state index >= 15 is 0 Å². The van der Waals surface area contributed by atoms with Crippen molar-refractivity contribution in [1.29, 1.82) is 0 Å². The summed E-state index contributed by atoms with van der Waals surface area (Å²) in [5.74, 6) is -0.0641. The summed E-state index contributed by atoms with van der Waals surface area (Å²) in [6, 6.07) is 4.01. The van der Waals surface area contributed by atoms with Gasteiger partial charge in [0.1, 0.15) is 6.54 Å². The lowest BCUT2D eigenvalue weighted by molar-refractivity contribution is -0.133. The van der Waals surface area contributed by atoms with E-state index in [4.69, 9.17) is 4.74 Å². The number of carbonyl (C=O) groups excluding carboxylic acids is 2. The van der Waals surface area contributed by atoms with E-state index in [1.165, 1.54) is 6.42 Å². The molecule has 1 fully saturated rings. The van der Waals surface area contributed by atoms with Gasteiger partial charge in [0, 0.05) is 44.7 Å². The number of amides is 3. The Bertz CT molecular complexity index is 623. The van der Waals surface area contributed by atoms with Crippen LogP contribution in [0.3, 0.4) is 0 Å². The first-order valence-electron chi connectivity index (χ1n) is 10.4. The molecule has 1 N–H and O–H groups in total. The molecule has 158 valence electrons. The first-order chi connectivity index (χ1) is 13.4. The van der Waals surface area contributed by atoms with E-state index in [0.717, 1.165) is 31.4 Å². The molecule has 0 radical (unpaired) electrons. The van der Waals surface area contributed by atoms with Crippen LogP contribution in [-0.4, -0.2) is 65.2 Å². The van der Waals surface area contributed by atoms with Gasteiger partial charge in [-0.15, -0.1) is 0 Å². The predicted molar refractivity (Wildman–Crippen MR) is 110 cm³/mol. The van der Waals surface area contributed by atoms with Crippen LogP contribution >= 0.6 is 0 Å². The van der Waals surface area contributed by atoms with E-state index in [1.807, 2.05) is 43.8 Å². The molecule has 1 aromatic rings. The summed E-state index contributed by atoms with van der Waals surface area (Å²) < 4.78 is 7.18. The minimum atomic E-state index is -0.138. The molecular weight excluding hydrogens is 356 g/mol. The van der Waals surface area contributed by atoms with Crippen molar-refractivity contribution in [2.75, 3.05) is 26.8 Å². The normalized spacial score (nSPS) is 14.9. The van der Waals surface area contributed by atoms with Crippen LogP contribution < -0.4 is 5.32 Å². The highest BCUT2D eigenvalue weighted by atomic mass is 16.5. The molecule has 0 unspecified atom stereocenters. The number of aromatic nitrogens is 1. The topological polar surface area (TPSA) is 66.8 Å². The monoisotopic (exact) mass is 392 g/mol. The number of hydrogen-bond acceptors (Lipinski definition) is 3. The zero-order chi connectivity index (χ0) is 20.5. The molecule has 0 saturated heterocycles. The molecule has 28 heavy (non-hydrogen) atoms. The third-order valence-corrected chi connectivity index (χ3v) is 5.44. The van der Waals surface area contributed by atoms with Gasteiger partial charge >= 0.3 is 6.03 Å². The summed E-state index contributed by atoms with van der Waals surface area (Å²) in [5, 5.41) is 3.13. The van der Waals surface area contributed by atoms with Crippen LogP contribution in [0.4, 0.5) is 4.79 Å². The highest BCUT2D eigenvalue weighted by Gasteiger charge is 2.26. The predicted octanol–water partition coefficient (Wildman–Crippen LogP) is 2.75. The molecule has 0 atom stereocenters. The van der Waals surface area contributed by atoms with Crippen LogP contribution in [0.5, 0.6) is 0 Å². The summed E-state index contributed by atoms with van der Waals surface area (Å²) in [7, 11) is 3.59. The largest absolute Gasteiger partial charge is 0.383 e. The third kappa shape index (κ3) is 6.55. The minimum absolute atomic E-state index is 0.0492. The lowest BCUT2D eigenvalue weighted by Crippen LogP contribution is -2.52. The summed E-state index contributed by atoms with van der Waals surface area (Å²) in [6.45, 7) is 5.43. The van der Waals surface area contributed by atoms with Crippen LogP contribution in [0.2, 0.25) is 0 Å². The number of aryl methyl sites for hydroxylation is 1. The van der Waals surface area contributed by atoms with E-state index < -0.39 is 0 Å². The second-order valence-corrected chi connectivity index (χ2v) is 7.92. The van der Waals surface area contributed by atoms with Crippen molar-refractivity contribution in [3.05, 3.63) is 24.0 Å². The second kappa shape index (κ2) is 11.1. The second-order valence-electron chi connectivity index (χ2n) is 7.92. The molecule has 0 bridgehead atoms. The van der Waals surface area contributed by atoms with Crippen LogP contribution in [0.15, 0.2) is 18.3 Å². The fourth-order valence-electron chi connectivity index (χ4n) is 3.59. The molecule has 1 aliphatic carbocycles. The molecule has 7 nitrogen and oxygen atoms in total. The van der Waals surface area contributed by atoms with Crippen molar-refractivity contribution >= 4 is 11.9 Å². The number of methoxy groups -OCH3 is 1. The van der Waals surface area contributed by atoms with Gasteiger partial charge in [0.2, 0.25) is 5.91 Å². The molecule has 1 heterocycles. The van der Waals surface area contributed by atoms with Gasteiger partial charge < -0.3 is 24.4 Å². The van der Waals surface area contributed by atoms with Crippen molar-refractivity contribution in [3.63, 3.8) is 0 Å². The zero-order valence-corrected chi connectivity index (χ0v) is 17.8. The molecule has 0 aromatic carbocycles. The number of hydrogen-bond donors (Lipinski definition) is 1. The fraction of sp³-hybridized carbons (Fsp3) is 0.714. The van der Waals surface area contributed by atoms with Gasteiger partial charge in [-0.05, 0) is 38.8 Å². The van der Waals surface area contributed by atoms with Gasteiger partial charge in [0.15, 0.2) is 0 Å². The van der Waals surface area contributed by atoms with Crippen molar-refractivity contribution in [2.45, 2.75) is 64.6 Å². The maximum absolute atomic E-state index is 13.0. The Morgan fingerprint density at radius 2 is 2.00 bits per heavy atom. The summed E-state index contributed by atoms with van der Waals surface area (Å²) in [6.07, 6.45) is 7.58. The van der Waals surface area contributed by atoms with Gasteiger partial charge in [-0.2, -0.15) is 0 Å². The lowest BCUT2D eigenvalue weighted by Gasteiger charge is -2.32. The highest BCUT2D eigenvalue weighted by Crippen LogP contribution is 2.18. The standard InChI is InChI=1S/C21H36N4O3/c1-17(2)25(21(27)22-18-9-6-5-7-10-18)16-20(26)24(13-14-28-4)15-19-11-8-12-23(19)3/h8,11-12,17-18H,5-7,9-10,13-16H2,1-4H3,(H,22,27). The summed E-state index contributed by atoms with van der Waals surface area (Å²) in [4.78, 5) is 29.3. The van der Waals surface area contributed by atoms with Crippen LogP contribution in [0.1, 0.15) is 51.6 Å². The lowest BCUT2D eigenvalue weighted by atomic mass is 9.96. The highest BCUT2D eigenvalue weighted by molar-refractivity contribution is 5.84. The Morgan fingerprint density at radius 3 is 2.57 bits per heavy atom. The van der Waals surface area contributed by atoms with Gasteiger partial charge in [0.05, 0.1) is 13.2 Å². The van der Waals surface area contributed by atoms with Crippen molar-refractivity contribution in [3.8, 4) is 0 Å². The van der Waals surface area contributed by atoms with Crippen molar-refractivity contribution in [1.82, 2.24) is 19.7 Å². The smallest absolute Gasteiger partial charge is 0.318 e. The van der Waals surface area contributed by atoms with Gasteiger partial charge in [0.25, 0.3) is 0 Å². The summed E-state index contributed by atoms with van der Waals surface area (Å²) in [5.41, 5.74) is 1.05. The average molecular weight is 393 g/mol. The number of rotatable bonds is 9. The van der Waals surface area contributed by atoms with E-state index in [0.29, 0.717) is 19.7 Å². The van der Waals surface area contributed by atoms with Crippen LogP contribution in [-0.2, 0) is 23.1 Å². The van der Waals surface area contributed by atoms with Crippen molar-refractivity contribution < 1.29 is 14.3 Å². The zero-order valence-electron chi connectivity index (χ0n) is 17.8. The Hall–Kier alpha value is -2.02. The average Bonchev–Trinajstić information content (AvgIpc) is 3.07. The molecular formula is C21H36N4O3. The molecule has 3 amide bonds. The maximum atomic E-state index is 13.0. The van der Waals surface area contributed by atoms with Gasteiger partial charge in [-0.1, -0.05) is 19.3 Å². The molecule has 1 saturated carbocycles. The van der Waals surface area contributed by atoms with Crippen LogP contribution in [0, 0.1) is 0 Å². The van der Waals surface area contributed by atoms with Gasteiger partial charge in [-0.3, -0.25) is 4.79 Å². The fourth-order valence-corrected chi connectivity index (χ4v) is 3.59. The SMILES string of the molecule is COCCN(Cc1cccn1C)C(=O)CN(C(=O)NC1CCCCC1)C(C)C. The summed E-state index contributed by atoms with van der Waals surface area (Å²) >= 11 is 0. The van der Waals surface area contributed by atoms with Crippen molar-refractivity contribution in [2.24, 2.45) is 7.05 Å². The number of carbonyl (C=O) groups is 2. The van der Waals surface area contributed by atoms with E-state index in [1.54, 1.807) is 16.9 Å². The van der Waals surface area contributed by atoms with E-state index in [2.05, 4.69) is 5.32 Å². The van der Waals surface area contributed by atoms with E-state index in [-0.39, 0.29) is 30.6 Å². The Balaban J connectivity index is 2.01. The molecule has 1 aromatic heterocycles. The molecule has 2 rings (SSSR count). The molecule has 0 spiro atoms. The number of nitrogens with one attached hydrogen (secondary N) is 1. The number of nitrogens with zero attached hydrogens (tertiary/aromatic N) is 3. The van der Waals surface area contributed by atoms with Crippen LogP contribution in [0.25, 0.3) is 0 Å². The first kappa shape index (κ1) is 22.3. The first-order valence-corrected chi connectivity index (χ1v) is 10.4. The van der Waals surface area contributed by atoms with E-state index in [9.17, 15) is 9.59 Å².